The molecule has 2 aromatic carbocycles. The first kappa shape index (κ1) is 13.8. The summed E-state index contributed by atoms with van der Waals surface area (Å²) in [5, 5.41) is 2.92. The van der Waals surface area contributed by atoms with Gasteiger partial charge in [-0.3, -0.25) is 4.79 Å². The van der Waals surface area contributed by atoms with Crippen molar-refractivity contribution in [3.05, 3.63) is 53.6 Å². The highest BCUT2D eigenvalue weighted by molar-refractivity contribution is 6.01. The van der Waals surface area contributed by atoms with Crippen molar-refractivity contribution in [1.82, 2.24) is 4.90 Å². The Balaban J connectivity index is 1.93. The van der Waals surface area contributed by atoms with Gasteiger partial charge >= 0.3 is 0 Å². The topological polar surface area (TPSA) is 32.3 Å². The molecule has 108 valence electrons. The van der Waals surface area contributed by atoms with E-state index in [4.69, 9.17) is 0 Å². The molecule has 1 amide bonds. The zero-order chi connectivity index (χ0) is 14.8. The number of nitrogens with one attached hydrogen (secondary N) is 1. The first-order valence-electron chi connectivity index (χ1n) is 7.29. The number of benzene rings is 2. The SMILES string of the molecule is CN(C)CCc1cccc(-c2cccc3c2CC(=O)N3)c1. The number of anilines is 1. The van der Waals surface area contributed by atoms with Crippen LogP contribution in [0.5, 0.6) is 0 Å². The third kappa shape index (κ3) is 2.98. The van der Waals surface area contributed by atoms with E-state index in [-0.39, 0.29) is 5.91 Å². The molecule has 0 unspecified atom stereocenters. The van der Waals surface area contributed by atoms with E-state index in [1.165, 1.54) is 11.1 Å². The molecular formula is C18H20N2O. The van der Waals surface area contributed by atoms with Crippen LogP contribution in [-0.4, -0.2) is 31.4 Å². The standard InChI is InChI=1S/C18H20N2O/c1-20(2)10-9-13-5-3-6-14(11-13)15-7-4-8-17-16(15)12-18(21)19-17/h3-8,11H,9-10,12H2,1-2H3,(H,19,21). The van der Waals surface area contributed by atoms with Crippen LogP contribution in [0.2, 0.25) is 0 Å². The summed E-state index contributed by atoms with van der Waals surface area (Å²) in [4.78, 5) is 13.8. The van der Waals surface area contributed by atoms with Gasteiger partial charge in [0.05, 0.1) is 6.42 Å². The summed E-state index contributed by atoms with van der Waals surface area (Å²) in [6.45, 7) is 1.04. The maximum atomic E-state index is 11.6. The van der Waals surface area contributed by atoms with Crippen molar-refractivity contribution < 1.29 is 4.79 Å². The van der Waals surface area contributed by atoms with Crippen molar-refractivity contribution in [2.45, 2.75) is 12.8 Å². The van der Waals surface area contributed by atoms with Crippen LogP contribution in [0.25, 0.3) is 11.1 Å². The van der Waals surface area contributed by atoms with Gasteiger partial charge in [0.25, 0.3) is 0 Å². The third-order valence-corrected chi connectivity index (χ3v) is 3.87. The lowest BCUT2D eigenvalue weighted by atomic mass is 9.96. The summed E-state index contributed by atoms with van der Waals surface area (Å²) in [5.41, 5.74) is 5.76. The van der Waals surface area contributed by atoms with Gasteiger partial charge in [-0.05, 0) is 48.8 Å². The average Bonchev–Trinajstić information content (AvgIpc) is 2.85. The monoisotopic (exact) mass is 280 g/mol. The fourth-order valence-corrected chi connectivity index (χ4v) is 2.77. The molecule has 0 atom stereocenters. The lowest BCUT2D eigenvalue weighted by Crippen LogP contribution is -2.15. The largest absolute Gasteiger partial charge is 0.326 e. The van der Waals surface area contributed by atoms with E-state index in [9.17, 15) is 4.79 Å². The summed E-state index contributed by atoms with van der Waals surface area (Å²) >= 11 is 0. The van der Waals surface area contributed by atoms with Crippen molar-refractivity contribution in [2.24, 2.45) is 0 Å². The maximum absolute atomic E-state index is 11.6. The number of hydrogen-bond donors (Lipinski definition) is 1. The average molecular weight is 280 g/mol. The number of likely N-dealkylation sites (N-methyl/N-ethyl adjacent to an activating group) is 1. The molecule has 0 saturated carbocycles. The minimum Gasteiger partial charge on any atom is -0.326 e. The molecule has 0 spiro atoms. The van der Waals surface area contributed by atoms with E-state index >= 15 is 0 Å². The highest BCUT2D eigenvalue weighted by atomic mass is 16.1. The minimum absolute atomic E-state index is 0.0845. The summed E-state index contributed by atoms with van der Waals surface area (Å²) in [7, 11) is 4.18. The number of hydrogen-bond acceptors (Lipinski definition) is 2. The zero-order valence-corrected chi connectivity index (χ0v) is 12.5. The minimum atomic E-state index is 0.0845. The summed E-state index contributed by atoms with van der Waals surface area (Å²) in [6, 6.07) is 14.7. The summed E-state index contributed by atoms with van der Waals surface area (Å²) < 4.78 is 0. The summed E-state index contributed by atoms with van der Waals surface area (Å²) in [6.07, 6.45) is 1.51. The number of fused-ring (bicyclic) bond motifs is 1. The quantitative estimate of drug-likeness (QED) is 0.934. The fourth-order valence-electron chi connectivity index (χ4n) is 2.77. The van der Waals surface area contributed by atoms with Gasteiger partial charge in [-0.1, -0.05) is 36.4 Å². The molecule has 1 N–H and O–H groups in total. The molecule has 3 rings (SSSR count). The van der Waals surface area contributed by atoms with E-state index in [0.29, 0.717) is 6.42 Å². The molecule has 21 heavy (non-hydrogen) atoms. The Kier molecular flexibility index (Phi) is 3.76. The highest BCUT2D eigenvalue weighted by Crippen LogP contribution is 2.33. The Bertz CT molecular complexity index is 677. The highest BCUT2D eigenvalue weighted by Gasteiger charge is 2.20. The molecule has 1 aliphatic heterocycles. The Morgan fingerprint density at radius 1 is 1.14 bits per heavy atom. The van der Waals surface area contributed by atoms with Crippen LogP contribution in [-0.2, 0) is 17.6 Å². The smallest absolute Gasteiger partial charge is 0.228 e. The van der Waals surface area contributed by atoms with Crippen LogP contribution >= 0.6 is 0 Å². The summed E-state index contributed by atoms with van der Waals surface area (Å²) in [5.74, 6) is 0.0845. The van der Waals surface area contributed by atoms with Crippen molar-refractivity contribution in [2.75, 3.05) is 26.0 Å². The number of nitrogens with zero attached hydrogens (tertiary/aromatic N) is 1. The van der Waals surface area contributed by atoms with E-state index < -0.39 is 0 Å². The third-order valence-electron chi connectivity index (χ3n) is 3.87. The van der Waals surface area contributed by atoms with Gasteiger partial charge in [0.2, 0.25) is 5.91 Å². The van der Waals surface area contributed by atoms with E-state index in [0.717, 1.165) is 29.8 Å². The van der Waals surface area contributed by atoms with Crippen molar-refractivity contribution in [3.8, 4) is 11.1 Å². The lowest BCUT2D eigenvalue weighted by molar-refractivity contribution is -0.115. The molecule has 0 aromatic heterocycles. The van der Waals surface area contributed by atoms with Crippen LogP contribution in [0.1, 0.15) is 11.1 Å². The van der Waals surface area contributed by atoms with E-state index in [1.54, 1.807) is 0 Å². The van der Waals surface area contributed by atoms with Gasteiger partial charge in [0.15, 0.2) is 0 Å². The molecule has 0 radical (unpaired) electrons. The van der Waals surface area contributed by atoms with Crippen LogP contribution in [0.3, 0.4) is 0 Å². The lowest BCUT2D eigenvalue weighted by Gasteiger charge is -2.12. The number of carbonyl (C=O) groups excluding carboxylic acids is 1. The van der Waals surface area contributed by atoms with Crippen molar-refractivity contribution in [3.63, 3.8) is 0 Å². The molecule has 1 aliphatic rings. The van der Waals surface area contributed by atoms with E-state index in [1.807, 2.05) is 12.1 Å². The van der Waals surface area contributed by atoms with Crippen LogP contribution in [0, 0.1) is 0 Å². The maximum Gasteiger partial charge on any atom is 0.228 e. The van der Waals surface area contributed by atoms with E-state index in [2.05, 4.69) is 54.6 Å². The van der Waals surface area contributed by atoms with Gasteiger partial charge in [0, 0.05) is 12.2 Å². The Hall–Kier alpha value is -2.13. The molecule has 2 aromatic rings. The van der Waals surface area contributed by atoms with Crippen molar-refractivity contribution >= 4 is 11.6 Å². The molecule has 3 heteroatoms. The molecule has 0 bridgehead atoms. The van der Waals surface area contributed by atoms with Crippen LogP contribution in [0.15, 0.2) is 42.5 Å². The van der Waals surface area contributed by atoms with Crippen molar-refractivity contribution in [1.29, 1.82) is 0 Å². The van der Waals surface area contributed by atoms with Gasteiger partial charge in [-0.2, -0.15) is 0 Å². The second-order valence-corrected chi connectivity index (χ2v) is 5.81. The number of rotatable bonds is 4. The molecule has 0 saturated heterocycles. The molecule has 0 aliphatic carbocycles. The zero-order valence-electron chi connectivity index (χ0n) is 12.5. The normalized spacial score (nSPS) is 13.4. The Morgan fingerprint density at radius 3 is 2.76 bits per heavy atom. The van der Waals surface area contributed by atoms with Crippen LogP contribution < -0.4 is 5.32 Å². The predicted molar refractivity (Wildman–Crippen MR) is 86.5 cm³/mol. The van der Waals surface area contributed by atoms with Gasteiger partial charge < -0.3 is 10.2 Å². The van der Waals surface area contributed by atoms with Gasteiger partial charge in [-0.15, -0.1) is 0 Å². The molecule has 3 nitrogen and oxygen atoms in total. The Morgan fingerprint density at radius 2 is 1.95 bits per heavy atom. The molecular weight excluding hydrogens is 260 g/mol. The van der Waals surface area contributed by atoms with Gasteiger partial charge in [-0.25, -0.2) is 0 Å². The first-order chi connectivity index (χ1) is 10.1. The fraction of sp³-hybridized carbons (Fsp3) is 0.278. The molecule has 0 fully saturated rings. The second-order valence-electron chi connectivity index (χ2n) is 5.81. The predicted octanol–water partition coefficient (Wildman–Crippen LogP) is 2.95. The Labute approximate surface area is 125 Å². The number of amides is 1. The van der Waals surface area contributed by atoms with Gasteiger partial charge in [0.1, 0.15) is 0 Å². The molecule has 1 heterocycles. The second kappa shape index (κ2) is 5.70. The number of carbonyl (C=O) groups is 1. The van der Waals surface area contributed by atoms with Crippen LogP contribution in [0.4, 0.5) is 5.69 Å². The first-order valence-corrected chi connectivity index (χ1v) is 7.29.